The van der Waals surface area contributed by atoms with Gasteiger partial charge in [0.05, 0.1) is 45.2 Å². The van der Waals surface area contributed by atoms with Gasteiger partial charge in [0.2, 0.25) is 0 Å². The highest BCUT2D eigenvalue weighted by molar-refractivity contribution is 4.43. The quantitative estimate of drug-likeness (QED) is 0.299. The van der Waals surface area contributed by atoms with Gasteiger partial charge in [0.15, 0.2) is 0 Å². The van der Waals surface area contributed by atoms with Crippen LogP contribution in [-0.4, -0.2) is 82.5 Å². The van der Waals surface area contributed by atoms with Crippen LogP contribution >= 0.6 is 0 Å². The average molecular weight is 286 g/mol. The van der Waals surface area contributed by atoms with E-state index in [4.69, 9.17) is 30.6 Å². The number of rotatable bonds is 8. The van der Waals surface area contributed by atoms with Crippen LogP contribution in [0.1, 0.15) is 26.7 Å². The summed E-state index contributed by atoms with van der Waals surface area (Å²) < 4.78 is 4.63. The minimum atomic E-state index is -0.509. The van der Waals surface area contributed by atoms with Crippen molar-refractivity contribution in [2.24, 2.45) is 0 Å². The largest absolute Gasteiger partial charge is 0.396 e. The van der Waals surface area contributed by atoms with Gasteiger partial charge >= 0.3 is 0 Å². The van der Waals surface area contributed by atoms with Gasteiger partial charge in [-0.3, -0.25) is 0 Å². The molecule has 0 heterocycles. The van der Waals surface area contributed by atoms with Crippen molar-refractivity contribution in [1.29, 1.82) is 0 Å². The molecule has 2 unspecified atom stereocenters. The first-order chi connectivity index (χ1) is 8.99. The van der Waals surface area contributed by atoms with Crippen molar-refractivity contribution >= 4 is 0 Å². The lowest BCUT2D eigenvalue weighted by Crippen LogP contribution is -2.08. The molecule has 0 spiro atoms. The Morgan fingerprint density at radius 3 is 1.47 bits per heavy atom. The molecule has 120 valence electrons. The van der Waals surface area contributed by atoms with Crippen LogP contribution in [0.5, 0.6) is 0 Å². The monoisotopic (exact) mass is 286 g/mol. The van der Waals surface area contributed by atoms with Crippen molar-refractivity contribution in [1.82, 2.24) is 0 Å². The van der Waals surface area contributed by atoms with Crippen LogP contribution in [-0.2, 0) is 4.74 Å². The van der Waals surface area contributed by atoms with E-state index in [0.717, 1.165) is 0 Å². The Morgan fingerprint density at radius 2 is 1.37 bits per heavy atom. The second-order valence-corrected chi connectivity index (χ2v) is 3.67. The molecule has 7 nitrogen and oxygen atoms in total. The van der Waals surface area contributed by atoms with Gasteiger partial charge < -0.3 is 35.4 Å². The molecule has 19 heavy (non-hydrogen) atoms. The number of ether oxygens (including phenoxy) is 1. The first-order valence-electron chi connectivity index (χ1n) is 6.37. The van der Waals surface area contributed by atoms with E-state index in [1.165, 1.54) is 0 Å². The molecule has 0 aliphatic carbocycles. The van der Waals surface area contributed by atoms with Crippen molar-refractivity contribution < 1.29 is 35.4 Å². The Bertz CT molecular complexity index is 125. The third-order valence-corrected chi connectivity index (χ3v) is 1.70. The predicted octanol–water partition coefficient (Wildman–Crippen LogP) is -1.51. The SMILES string of the molecule is CC(O)CCO.CCC(O)CO.OCCOCCO. The van der Waals surface area contributed by atoms with E-state index in [1.807, 2.05) is 6.92 Å². The van der Waals surface area contributed by atoms with Gasteiger partial charge in [0.25, 0.3) is 0 Å². The second-order valence-electron chi connectivity index (χ2n) is 3.67. The Balaban J connectivity index is -0.000000203. The lowest BCUT2D eigenvalue weighted by Gasteiger charge is -1.97. The van der Waals surface area contributed by atoms with Gasteiger partial charge in [0.1, 0.15) is 0 Å². The topological polar surface area (TPSA) is 131 Å². The van der Waals surface area contributed by atoms with E-state index in [1.54, 1.807) is 6.92 Å². The smallest absolute Gasteiger partial charge is 0.0768 e. The summed E-state index contributed by atoms with van der Waals surface area (Å²) in [6.07, 6.45) is 0.260. The molecule has 7 heteroatoms. The summed E-state index contributed by atoms with van der Waals surface area (Å²) in [7, 11) is 0. The number of aliphatic hydroxyl groups is 6. The summed E-state index contributed by atoms with van der Waals surface area (Å²) in [6, 6.07) is 0. The van der Waals surface area contributed by atoms with Crippen LogP contribution < -0.4 is 0 Å². The minimum Gasteiger partial charge on any atom is -0.396 e. The lowest BCUT2D eigenvalue weighted by atomic mass is 10.3. The fourth-order valence-electron chi connectivity index (χ4n) is 0.547. The van der Waals surface area contributed by atoms with Crippen LogP contribution in [0.25, 0.3) is 0 Å². The van der Waals surface area contributed by atoms with Gasteiger partial charge in [0, 0.05) is 6.61 Å². The second kappa shape index (κ2) is 22.9. The average Bonchev–Trinajstić information content (AvgIpc) is 2.39. The summed E-state index contributed by atoms with van der Waals surface area (Å²) in [5.41, 5.74) is 0. The van der Waals surface area contributed by atoms with E-state index in [2.05, 4.69) is 4.74 Å². The fourth-order valence-corrected chi connectivity index (χ4v) is 0.547. The van der Waals surface area contributed by atoms with E-state index in [0.29, 0.717) is 26.1 Å². The summed E-state index contributed by atoms with van der Waals surface area (Å²) in [5.74, 6) is 0. The van der Waals surface area contributed by atoms with Crippen molar-refractivity contribution in [2.75, 3.05) is 39.6 Å². The molecule has 0 radical (unpaired) electrons. The molecule has 0 saturated carbocycles. The molecule has 0 aromatic heterocycles. The van der Waals surface area contributed by atoms with E-state index >= 15 is 0 Å². The first kappa shape index (κ1) is 23.8. The molecular weight excluding hydrogens is 256 g/mol. The molecule has 0 saturated heterocycles. The number of aliphatic hydroxyl groups excluding tert-OH is 6. The third-order valence-electron chi connectivity index (χ3n) is 1.70. The van der Waals surface area contributed by atoms with Crippen LogP contribution in [0.2, 0.25) is 0 Å². The predicted molar refractivity (Wildman–Crippen MR) is 71.8 cm³/mol. The van der Waals surface area contributed by atoms with Crippen molar-refractivity contribution in [3.63, 3.8) is 0 Å². The minimum absolute atomic E-state index is 0.0278. The van der Waals surface area contributed by atoms with Crippen molar-refractivity contribution in [2.45, 2.75) is 38.9 Å². The fraction of sp³-hybridized carbons (Fsp3) is 1.00. The van der Waals surface area contributed by atoms with Crippen molar-refractivity contribution in [3.8, 4) is 0 Å². The van der Waals surface area contributed by atoms with Crippen LogP contribution in [0.4, 0.5) is 0 Å². The highest BCUT2D eigenvalue weighted by Gasteiger charge is 1.92. The standard InChI is InChI=1S/C4H10O3.2C4H10O2/c5-1-3-7-4-2-6;1-4(6)2-3-5;1-2-4(6)3-5/h5-6H,1-4H2;2*4-6H,2-3H2,1H3. The molecule has 0 aliphatic heterocycles. The summed E-state index contributed by atoms with van der Waals surface area (Å²) in [5, 5.41) is 49.1. The molecule has 0 aromatic rings. The highest BCUT2D eigenvalue weighted by Crippen LogP contribution is 1.83. The molecular formula is C12H30O7. The summed E-state index contributed by atoms with van der Waals surface area (Å²) >= 11 is 0. The summed E-state index contributed by atoms with van der Waals surface area (Å²) in [6.45, 7) is 4.13. The molecule has 0 aromatic carbocycles. The van der Waals surface area contributed by atoms with Crippen LogP contribution in [0.3, 0.4) is 0 Å². The molecule has 0 fully saturated rings. The Kier molecular flexibility index (Phi) is 28.6. The molecule has 0 amide bonds. The normalized spacial score (nSPS) is 12.6. The maximum atomic E-state index is 8.42. The van der Waals surface area contributed by atoms with E-state index in [-0.39, 0.29) is 32.5 Å². The van der Waals surface area contributed by atoms with E-state index < -0.39 is 6.10 Å². The van der Waals surface area contributed by atoms with E-state index in [9.17, 15) is 0 Å². The zero-order chi connectivity index (χ0) is 15.5. The maximum absolute atomic E-state index is 8.42. The molecule has 2 atom stereocenters. The van der Waals surface area contributed by atoms with Gasteiger partial charge in [-0.05, 0) is 19.8 Å². The highest BCUT2D eigenvalue weighted by atomic mass is 16.5. The molecule has 6 N–H and O–H groups in total. The number of hydrogen-bond acceptors (Lipinski definition) is 7. The van der Waals surface area contributed by atoms with Gasteiger partial charge in [-0.1, -0.05) is 6.92 Å². The lowest BCUT2D eigenvalue weighted by molar-refractivity contribution is 0.0650. The third kappa shape index (κ3) is 38.1. The molecule has 0 bridgehead atoms. The first-order valence-corrected chi connectivity index (χ1v) is 6.37. The number of hydrogen-bond donors (Lipinski definition) is 6. The zero-order valence-corrected chi connectivity index (χ0v) is 11.9. The van der Waals surface area contributed by atoms with Gasteiger partial charge in [-0.15, -0.1) is 0 Å². The van der Waals surface area contributed by atoms with Gasteiger partial charge in [-0.2, -0.15) is 0 Å². The molecule has 0 rings (SSSR count). The Hall–Kier alpha value is -0.280. The van der Waals surface area contributed by atoms with Gasteiger partial charge in [-0.25, -0.2) is 0 Å². The maximum Gasteiger partial charge on any atom is 0.0768 e. The van der Waals surface area contributed by atoms with Crippen molar-refractivity contribution in [3.05, 3.63) is 0 Å². The van der Waals surface area contributed by atoms with Crippen LogP contribution in [0.15, 0.2) is 0 Å². The van der Waals surface area contributed by atoms with Crippen LogP contribution in [0, 0.1) is 0 Å². The Labute approximate surface area is 115 Å². The molecule has 0 aliphatic rings. The zero-order valence-electron chi connectivity index (χ0n) is 11.9. The summed E-state index contributed by atoms with van der Waals surface area (Å²) in [4.78, 5) is 0. The Morgan fingerprint density at radius 1 is 0.895 bits per heavy atom.